The fourth-order valence-electron chi connectivity index (χ4n) is 2.93. The molecule has 3 rings (SSSR count). The Labute approximate surface area is 113 Å². The van der Waals surface area contributed by atoms with Gasteiger partial charge >= 0.3 is 0 Å². The average Bonchev–Trinajstić information content (AvgIpc) is 2.86. The van der Waals surface area contributed by atoms with Crippen LogP contribution in [0.2, 0.25) is 0 Å². The Morgan fingerprint density at radius 1 is 1.21 bits per heavy atom. The number of likely N-dealkylation sites (tertiary alicyclic amines) is 1. The van der Waals surface area contributed by atoms with E-state index < -0.39 is 0 Å². The molecular formula is C15H19N3O. The quantitative estimate of drug-likeness (QED) is 0.829. The normalized spacial score (nSPS) is 24.5. The maximum absolute atomic E-state index is 5.42. The van der Waals surface area contributed by atoms with E-state index in [4.69, 9.17) is 4.52 Å². The topological polar surface area (TPSA) is 42.2 Å². The third-order valence-corrected chi connectivity index (χ3v) is 3.90. The lowest BCUT2D eigenvalue weighted by Gasteiger charge is -2.35. The van der Waals surface area contributed by atoms with Crippen LogP contribution in [0.5, 0.6) is 0 Å². The van der Waals surface area contributed by atoms with E-state index in [2.05, 4.69) is 52.4 Å². The van der Waals surface area contributed by atoms with Crippen molar-refractivity contribution < 1.29 is 4.52 Å². The number of likely N-dealkylation sites (N-methyl/N-ethyl adjacent to an activating group) is 1. The number of rotatable bonds is 2. The van der Waals surface area contributed by atoms with Crippen molar-refractivity contribution in [3.8, 4) is 0 Å². The highest BCUT2D eigenvalue weighted by Gasteiger charge is 2.33. The van der Waals surface area contributed by atoms with Gasteiger partial charge in [-0.3, -0.25) is 0 Å². The monoisotopic (exact) mass is 257 g/mol. The summed E-state index contributed by atoms with van der Waals surface area (Å²) in [5.41, 5.74) is 1.37. The first-order valence-electron chi connectivity index (χ1n) is 6.78. The number of piperidine rings is 1. The summed E-state index contributed by atoms with van der Waals surface area (Å²) in [6, 6.07) is 10.7. The Hall–Kier alpha value is -1.68. The van der Waals surface area contributed by atoms with Crippen molar-refractivity contribution >= 4 is 0 Å². The van der Waals surface area contributed by atoms with Gasteiger partial charge in [-0.15, -0.1) is 0 Å². The SMILES string of the molecule is Cc1noc(C2CN(C)CCC2c2ccccc2)n1. The summed E-state index contributed by atoms with van der Waals surface area (Å²) in [7, 11) is 2.15. The second kappa shape index (κ2) is 5.13. The Kier molecular flexibility index (Phi) is 3.34. The largest absolute Gasteiger partial charge is 0.339 e. The van der Waals surface area contributed by atoms with Crippen LogP contribution in [-0.2, 0) is 0 Å². The predicted octanol–water partition coefficient (Wildman–Crippen LogP) is 2.58. The van der Waals surface area contributed by atoms with Crippen molar-refractivity contribution in [2.45, 2.75) is 25.2 Å². The number of benzene rings is 1. The van der Waals surface area contributed by atoms with E-state index in [-0.39, 0.29) is 0 Å². The highest BCUT2D eigenvalue weighted by Crippen LogP contribution is 2.38. The molecule has 1 fully saturated rings. The van der Waals surface area contributed by atoms with Crippen LogP contribution in [0.1, 0.15) is 35.5 Å². The number of aryl methyl sites for hydroxylation is 1. The molecule has 19 heavy (non-hydrogen) atoms. The van der Waals surface area contributed by atoms with Crippen LogP contribution in [-0.4, -0.2) is 35.2 Å². The van der Waals surface area contributed by atoms with Gasteiger partial charge in [0.05, 0.1) is 5.92 Å². The summed E-state index contributed by atoms with van der Waals surface area (Å²) < 4.78 is 5.42. The fourth-order valence-corrected chi connectivity index (χ4v) is 2.93. The van der Waals surface area contributed by atoms with Gasteiger partial charge in [0.2, 0.25) is 5.89 Å². The van der Waals surface area contributed by atoms with Gasteiger partial charge in [0.1, 0.15) is 0 Å². The lowest BCUT2D eigenvalue weighted by molar-refractivity contribution is 0.198. The molecule has 1 saturated heterocycles. The van der Waals surface area contributed by atoms with Gasteiger partial charge in [0.15, 0.2) is 5.82 Å². The average molecular weight is 257 g/mol. The van der Waals surface area contributed by atoms with Gasteiger partial charge in [-0.2, -0.15) is 4.98 Å². The Morgan fingerprint density at radius 2 is 2.00 bits per heavy atom. The molecule has 1 aromatic carbocycles. The standard InChI is InChI=1S/C15H19N3O/c1-11-16-15(19-17-11)14-10-18(2)9-8-13(14)12-6-4-3-5-7-12/h3-7,13-14H,8-10H2,1-2H3. The molecule has 0 aliphatic carbocycles. The van der Waals surface area contributed by atoms with Gasteiger partial charge in [0, 0.05) is 6.54 Å². The predicted molar refractivity (Wildman–Crippen MR) is 73.1 cm³/mol. The highest BCUT2D eigenvalue weighted by atomic mass is 16.5. The summed E-state index contributed by atoms with van der Waals surface area (Å²) in [6.45, 7) is 3.96. The molecule has 0 bridgehead atoms. The zero-order chi connectivity index (χ0) is 13.2. The summed E-state index contributed by atoms with van der Waals surface area (Å²) in [4.78, 5) is 6.78. The first-order chi connectivity index (χ1) is 9.24. The van der Waals surface area contributed by atoms with Crippen LogP contribution in [0.15, 0.2) is 34.9 Å². The van der Waals surface area contributed by atoms with Crippen molar-refractivity contribution in [1.82, 2.24) is 15.0 Å². The lowest BCUT2D eigenvalue weighted by atomic mass is 9.80. The zero-order valence-corrected chi connectivity index (χ0v) is 11.4. The molecule has 4 heteroatoms. The Morgan fingerprint density at radius 3 is 2.68 bits per heavy atom. The fraction of sp³-hybridized carbons (Fsp3) is 0.467. The van der Waals surface area contributed by atoms with Crippen molar-refractivity contribution in [3.63, 3.8) is 0 Å². The number of nitrogens with zero attached hydrogens (tertiary/aromatic N) is 3. The van der Waals surface area contributed by atoms with E-state index >= 15 is 0 Å². The first-order valence-corrected chi connectivity index (χ1v) is 6.78. The van der Waals surface area contributed by atoms with Gasteiger partial charge in [0.25, 0.3) is 0 Å². The molecule has 4 nitrogen and oxygen atoms in total. The zero-order valence-electron chi connectivity index (χ0n) is 11.4. The van der Waals surface area contributed by atoms with Gasteiger partial charge in [-0.25, -0.2) is 0 Å². The second-order valence-electron chi connectivity index (χ2n) is 5.35. The van der Waals surface area contributed by atoms with E-state index in [1.807, 2.05) is 6.92 Å². The maximum Gasteiger partial charge on any atom is 0.231 e. The molecule has 0 N–H and O–H groups in total. The summed E-state index contributed by atoms with van der Waals surface area (Å²) in [5.74, 6) is 2.26. The summed E-state index contributed by atoms with van der Waals surface area (Å²) in [6.07, 6.45) is 1.13. The molecule has 0 radical (unpaired) electrons. The molecule has 0 spiro atoms. The van der Waals surface area contributed by atoms with Gasteiger partial charge < -0.3 is 9.42 Å². The van der Waals surface area contributed by atoms with E-state index in [0.29, 0.717) is 11.8 Å². The number of hydrogen-bond acceptors (Lipinski definition) is 4. The van der Waals surface area contributed by atoms with Crippen molar-refractivity contribution in [1.29, 1.82) is 0 Å². The molecule has 2 aromatic rings. The lowest BCUT2D eigenvalue weighted by Crippen LogP contribution is -2.35. The molecular weight excluding hydrogens is 238 g/mol. The number of aromatic nitrogens is 2. The van der Waals surface area contributed by atoms with Crippen LogP contribution >= 0.6 is 0 Å². The van der Waals surface area contributed by atoms with Crippen LogP contribution in [0.25, 0.3) is 0 Å². The van der Waals surface area contributed by atoms with Crippen LogP contribution in [0.3, 0.4) is 0 Å². The Bertz CT molecular complexity index is 537. The second-order valence-corrected chi connectivity index (χ2v) is 5.35. The third kappa shape index (κ3) is 2.54. The smallest absolute Gasteiger partial charge is 0.231 e. The van der Waals surface area contributed by atoms with Gasteiger partial charge in [-0.05, 0) is 38.4 Å². The van der Waals surface area contributed by atoms with Crippen LogP contribution in [0, 0.1) is 6.92 Å². The third-order valence-electron chi connectivity index (χ3n) is 3.90. The van der Waals surface area contributed by atoms with Crippen molar-refractivity contribution in [2.75, 3.05) is 20.1 Å². The molecule has 2 atom stereocenters. The van der Waals surface area contributed by atoms with E-state index in [9.17, 15) is 0 Å². The van der Waals surface area contributed by atoms with Crippen molar-refractivity contribution in [3.05, 3.63) is 47.6 Å². The Balaban J connectivity index is 1.92. The molecule has 2 unspecified atom stereocenters. The molecule has 100 valence electrons. The van der Waals surface area contributed by atoms with Crippen molar-refractivity contribution in [2.24, 2.45) is 0 Å². The minimum Gasteiger partial charge on any atom is -0.339 e. The molecule has 0 saturated carbocycles. The molecule has 1 aliphatic rings. The van der Waals surface area contributed by atoms with E-state index in [1.54, 1.807) is 0 Å². The molecule has 2 heterocycles. The van der Waals surface area contributed by atoms with E-state index in [1.165, 1.54) is 5.56 Å². The summed E-state index contributed by atoms with van der Waals surface area (Å²) >= 11 is 0. The number of hydrogen-bond donors (Lipinski definition) is 0. The maximum atomic E-state index is 5.42. The molecule has 1 aliphatic heterocycles. The molecule has 1 aromatic heterocycles. The van der Waals surface area contributed by atoms with Crippen LogP contribution < -0.4 is 0 Å². The highest BCUT2D eigenvalue weighted by molar-refractivity contribution is 5.24. The minimum atomic E-state index is 0.294. The summed E-state index contributed by atoms with van der Waals surface area (Å²) in [5, 5.41) is 3.94. The molecule has 0 amide bonds. The van der Waals surface area contributed by atoms with Crippen LogP contribution in [0.4, 0.5) is 0 Å². The first kappa shape index (κ1) is 12.4. The minimum absolute atomic E-state index is 0.294. The van der Waals surface area contributed by atoms with E-state index in [0.717, 1.165) is 31.2 Å². The van der Waals surface area contributed by atoms with Gasteiger partial charge in [-0.1, -0.05) is 35.5 Å².